The summed E-state index contributed by atoms with van der Waals surface area (Å²) in [6.45, 7) is 30.3. The van der Waals surface area contributed by atoms with Crippen LogP contribution in [0.15, 0.2) is 96.7 Å². The zero-order valence-electron chi connectivity index (χ0n) is 25.5. The third kappa shape index (κ3) is 4.63. The molecular weight excluding hydrogens is 505 g/mol. The summed E-state index contributed by atoms with van der Waals surface area (Å²) in [6.07, 6.45) is 0. The first-order valence-electron chi connectivity index (χ1n) is 14.0. The first-order chi connectivity index (χ1) is 17.1. The topological polar surface area (TPSA) is 0 Å². The molecule has 0 nitrogen and oxygen atoms in total. The summed E-state index contributed by atoms with van der Waals surface area (Å²) in [6, 6.07) is 22.9. The van der Waals surface area contributed by atoms with Gasteiger partial charge in [-0.1, -0.05) is 0 Å². The molecule has 0 heterocycles. The van der Waals surface area contributed by atoms with Crippen LogP contribution in [0.3, 0.4) is 0 Å². The third-order valence-electron chi connectivity index (χ3n) is 10.5. The number of benzene rings is 2. The summed E-state index contributed by atoms with van der Waals surface area (Å²) in [5, 5.41) is 6.70. The van der Waals surface area contributed by atoms with Crippen LogP contribution in [-0.2, 0) is 0 Å². The van der Waals surface area contributed by atoms with Gasteiger partial charge in [-0.2, -0.15) is 0 Å². The maximum absolute atomic E-state index is 2.60. The van der Waals surface area contributed by atoms with Crippen molar-refractivity contribution in [3.63, 3.8) is 0 Å². The Kier molecular flexibility index (Phi) is 7.81. The quantitative estimate of drug-likeness (QED) is 0.318. The van der Waals surface area contributed by atoms with Crippen molar-refractivity contribution in [2.75, 3.05) is 0 Å². The molecule has 0 fully saturated rings. The van der Waals surface area contributed by atoms with Gasteiger partial charge in [0.1, 0.15) is 0 Å². The predicted octanol–water partition coefficient (Wildman–Crippen LogP) is 8.26. The molecule has 192 valence electrons. The second-order valence-corrected chi connectivity index (χ2v) is 25.0. The van der Waals surface area contributed by atoms with E-state index in [1.54, 1.807) is 43.1 Å². The summed E-state index contributed by atoms with van der Waals surface area (Å²) >= 11 is -1.31. The summed E-state index contributed by atoms with van der Waals surface area (Å²) < 4.78 is 3.74. The van der Waals surface area contributed by atoms with Gasteiger partial charge in [0, 0.05) is 0 Å². The van der Waals surface area contributed by atoms with Gasteiger partial charge >= 0.3 is 249 Å². The monoisotopic (exact) mass is 550 g/mol. The van der Waals surface area contributed by atoms with Crippen molar-refractivity contribution in [2.45, 2.75) is 81.6 Å². The molecule has 2 aliphatic carbocycles. The van der Waals surface area contributed by atoms with Crippen LogP contribution in [0, 0.1) is 10.8 Å². The molecule has 0 saturated carbocycles. The van der Waals surface area contributed by atoms with Crippen molar-refractivity contribution in [3.05, 3.63) is 96.7 Å². The second-order valence-electron chi connectivity index (χ2n) is 13.6. The van der Waals surface area contributed by atoms with Gasteiger partial charge in [-0.05, 0) is 0 Å². The zero-order valence-corrected chi connectivity index (χ0v) is 29.7. The zero-order chi connectivity index (χ0) is 27.6. The molecule has 0 aliphatic heterocycles. The van der Waals surface area contributed by atoms with Crippen molar-refractivity contribution < 1.29 is 0 Å². The van der Waals surface area contributed by atoms with Crippen molar-refractivity contribution in [2.24, 2.45) is 10.8 Å². The van der Waals surface area contributed by atoms with E-state index in [2.05, 4.69) is 142 Å². The van der Waals surface area contributed by atoms with Crippen molar-refractivity contribution in [3.8, 4) is 0 Å². The Hall–Kier alpha value is -0.906. The van der Waals surface area contributed by atoms with E-state index in [0.29, 0.717) is 0 Å². The Labute approximate surface area is 247 Å². The molecule has 4 rings (SSSR count). The van der Waals surface area contributed by atoms with Crippen LogP contribution >= 0.6 is 0 Å². The number of hydrogen-bond donors (Lipinski definition) is 0. The Bertz CT molecular complexity index is 1240. The minimum absolute atomic E-state index is 0.162. The molecule has 0 atom stereocenters. The van der Waals surface area contributed by atoms with Crippen LogP contribution in [-0.4, -0.2) is 50.0 Å². The number of rotatable bonds is 6. The molecule has 0 amide bonds. The molecule has 37 heavy (non-hydrogen) atoms. The van der Waals surface area contributed by atoms with Gasteiger partial charge < -0.3 is 0 Å². The van der Waals surface area contributed by atoms with E-state index in [1.165, 1.54) is 0 Å². The molecule has 0 spiro atoms. The van der Waals surface area contributed by atoms with Gasteiger partial charge in [-0.3, -0.25) is 0 Å². The predicted molar refractivity (Wildman–Crippen MR) is 171 cm³/mol. The standard InChI is InChI=1S/2C17H23Si.Ca/c2*1-13-14(2)17(3,4)12-16(13)18(5,6)15-10-8-7-9-11-15;/h2*7-11H,1-6H3;. The van der Waals surface area contributed by atoms with Gasteiger partial charge in [0.25, 0.3) is 0 Å². The number of hydrogen-bond acceptors (Lipinski definition) is 0. The SMILES string of the molecule is CC1=C(C)C(C)(C)[C]([Ca][C]2=C([Si](C)(C)c3ccccc3)C(C)=C(C)C2(C)C)=C1[Si](C)(C)c1ccccc1. The average molecular weight is 551 g/mol. The Morgan fingerprint density at radius 3 is 1.11 bits per heavy atom. The summed E-state index contributed by atoms with van der Waals surface area (Å²) in [7, 11) is -3.69. The molecule has 0 saturated heterocycles. The Balaban J connectivity index is 1.99. The third-order valence-corrected chi connectivity index (χ3v) is 23.9. The van der Waals surface area contributed by atoms with Crippen molar-refractivity contribution in [1.82, 2.24) is 0 Å². The van der Waals surface area contributed by atoms with E-state index < -0.39 is 50.0 Å². The number of allylic oxidation sites excluding steroid dienone is 8. The van der Waals surface area contributed by atoms with Gasteiger partial charge in [0.15, 0.2) is 0 Å². The molecule has 0 unspecified atom stereocenters. The fourth-order valence-electron chi connectivity index (χ4n) is 7.33. The van der Waals surface area contributed by atoms with Crippen LogP contribution in [0.1, 0.15) is 55.4 Å². The van der Waals surface area contributed by atoms with Crippen LogP contribution in [0.5, 0.6) is 0 Å². The van der Waals surface area contributed by atoms with E-state index in [1.807, 2.05) is 3.34 Å². The molecule has 0 bridgehead atoms. The molecule has 2 aliphatic rings. The van der Waals surface area contributed by atoms with Crippen molar-refractivity contribution >= 4 is 60.4 Å². The van der Waals surface area contributed by atoms with Gasteiger partial charge in [0.2, 0.25) is 0 Å². The first-order valence-corrected chi connectivity index (χ1v) is 22.2. The average Bonchev–Trinajstić information content (AvgIpc) is 3.14. The van der Waals surface area contributed by atoms with Crippen LogP contribution in [0.2, 0.25) is 26.2 Å². The van der Waals surface area contributed by atoms with E-state index >= 15 is 0 Å². The maximum atomic E-state index is 2.60. The summed E-state index contributed by atoms with van der Waals surface area (Å²) in [5.41, 5.74) is 6.75. The van der Waals surface area contributed by atoms with Crippen molar-refractivity contribution in [1.29, 1.82) is 0 Å². The molecule has 0 aromatic heterocycles. The molecule has 0 N–H and O–H groups in total. The van der Waals surface area contributed by atoms with Crippen LogP contribution in [0.25, 0.3) is 0 Å². The minimum atomic E-state index is -1.84. The van der Waals surface area contributed by atoms with Gasteiger partial charge in [0.05, 0.1) is 0 Å². The van der Waals surface area contributed by atoms with E-state index in [4.69, 9.17) is 0 Å². The molecular formula is C34H46CaSi2. The van der Waals surface area contributed by atoms with E-state index in [0.717, 1.165) is 0 Å². The molecule has 2 aromatic carbocycles. The fourth-order valence-corrected chi connectivity index (χ4v) is 23.4. The van der Waals surface area contributed by atoms with Crippen LogP contribution in [0.4, 0.5) is 0 Å². The summed E-state index contributed by atoms with van der Waals surface area (Å²) in [5.74, 6) is 0. The molecule has 3 heteroatoms. The fraction of sp³-hybridized carbons (Fsp3) is 0.412. The summed E-state index contributed by atoms with van der Waals surface area (Å²) in [4.78, 5) is 0. The first kappa shape index (κ1) is 29.1. The van der Waals surface area contributed by atoms with Gasteiger partial charge in [-0.15, -0.1) is 0 Å². The molecule has 0 radical (unpaired) electrons. The molecule has 2 aromatic rings. The van der Waals surface area contributed by atoms with Crippen LogP contribution < -0.4 is 10.4 Å². The second kappa shape index (κ2) is 9.93. The Morgan fingerprint density at radius 1 is 0.514 bits per heavy atom. The van der Waals surface area contributed by atoms with Gasteiger partial charge in [-0.25, -0.2) is 0 Å². The van der Waals surface area contributed by atoms with E-state index in [-0.39, 0.29) is 10.8 Å². The normalized spacial score (nSPS) is 19.8. The Morgan fingerprint density at radius 2 is 0.811 bits per heavy atom. The van der Waals surface area contributed by atoms with E-state index in [9.17, 15) is 0 Å².